The van der Waals surface area contributed by atoms with E-state index in [2.05, 4.69) is 20.7 Å². The molecule has 0 saturated carbocycles. The molecule has 2 aliphatic heterocycles. The maximum absolute atomic E-state index is 15.9. The molecule has 2 fully saturated rings. The van der Waals surface area contributed by atoms with Crippen molar-refractivity contribution >= 4 is 35.0 Å². The van der Waals surface area contributed by atoms with Gasteiger partial charge in [-0.1, -0.05) is 17.7 Å². The molecule has 2 aliphatic rings. The molecule has 2 aromatic carbocycles. The first-order chi connectivity index (χ1) is 24.1. The Morgan fingerprint density at radius 1 is 1.00 bits per heavy atom. The second-order valence-electron chi connectivity index (χ2n) is 12.8. The monoisotopic (exact) mass is 704 g/mol. The van der Waals surface area contributed by atoms with Gasteiger partial charge in [0.15, 0.2) is 5.82 Å². The van der Waals surface area contributed by atoms with Gasteiger partial charge in [-0.15, -0.1) is 0 Å². The summed E-state index contributed by atoms with van der Waals surface area (Å²) in [6.45, 7) is 8.30. The molecule has 4 aromatic rings. The number of methoxy groups -OCH3 is 1. The zero-order valence-corrected chi connectivity index (χ0v) is 29.5. The van der Waals surface area contributed by atoms with Gasteiger partial charge < -0.3 is 29.7 Å². The number of hydrogen-bond donors (Lipinski definition) is 2. The number of carbonyl (C=O) groups is 3. The number of ether oxygens (including phenoxy) is 1. The second kappa shape index (κ2) is 15.1. The number of imidazole rings is 1. The molecule has 0 aliphatic carbocycles. The van der Waals surface area contributed by atoms with Gasteiger partial charge in [0.05, 0.1) is 41.8 Å². The molecule has 0 bridgehead atoms. The van der Waals surface area contributed by atoms with Crippen LogP contribution in [0, 0.1) is 25.6 Å². The summed E-state index contributed by atoms with van der Waals surface area (Å²) >= 11 is 6.55. The van der Waals surface area contributed by atoms with E-state index in [-0.39, 0.29) is 28.6 Å². The minimum atomic E-state index is -0.517. The van der Waals surface area contributed by atoms with Crippen molar-refractivity contribution in [3.8, 4) is 22.4 Å². The molecule has 50 heavy (non-hydrogen) atoms. The Kier molecular flexibility index (Phi) is 10.7. The van der Waals surface area contributed by atoms with Gasteiger partial charge in [-0.3, -0.25) is 19.1 Å². The van der Waals surface area contributed by atoms with Gasteiger partial charge in [-0.05, 0) is 75.2 Å². The number of carbonyl (C=O) groups excluding carboxylic acids is 3. The summed E-state index contributed by atoms with van der Waals surface area (Å²) in [5.41, 5.74) is 4.38. The number of nitrogens with one attached hydrogen (secondary N) is 2. The van der Waals surface area contributed by atoms with Crippen molar-refractivity contribution in [2.45, 2.75) is 33.2 Å². The molecular weight excluding hydrogens is 663 g/mol. The number of anilines is 1. The largest absolute Gasteiger partial charge is 0.383 e. The highest BCUT2D eigenvalue weighted by atomic mass is 35.5. The smallest absolute Gasteiger partial charge is 0.291 e. The number of piperazine rings is 1. The molecule has 2 aromatic heterocycles. The van der Waals surface area contributed by atoms with Crippen LogP contribution in [0.15, 0.2) is 42.7 Å². The Labute approximate surface area is 295 Å². The predicted octanol–water partition coefficient (Wildman–Crippen LogP) is 4.54. The van der Waals surface area contributed by atoms with Crippen LogP contribution < -0.4 is 10.6 Å². The lowest BCUT2D eigenvalue weighted by Gasteiger charge is -2.37. The standard InChI is InChI=1S/C36H42ClFN8O4/c1-22-26(29-20-41-46(23(29)2)17-18-50-4)7-8-28(32(22)38)31-21-40-33(43(31)3)34(47)42-25-5-6-27(30(37)19-25)36(49)45-15-13-44(14-16-45)35(48)24-9-11-39-12-10-24/h5-8,19-21,24,39H,9-18H2,1-4H3,(H,42,47). The third-order valence-corrected chi connectivity index (χ3v) is 10.1. The van der Waals surface area contributed by atoms with Crippen LogP contribution in [0.3, 0.4) is 0 Å². The molecule has 264 valence electrons. The van der Waals surface area contributed by atoms with Crippen molar-refractivity contribution in [1.82, 2.24) is 34.4 Å². The molecule has 0 radical (unpaired) electrons. The summed E-state index contributed by atoms with van der Waals surface area (Å²) in [6.07, 6.45) is 4.88. The summed E-state index contributed by atoms with van der Waals surface area (Å²) in [7, 11) is 3.28. The van der Waals surface area contributed by atoms with Gasteiger partial charge in [-0.25, -0.2) is 9.37 Å². The van der Waals surface area contributed by atoms with Gasteiger partial charge >= 0.3 is 0 Å². The second-order valence-corrected chi connectivity index (χ2v) is 13.2. The van der Waals surface area contributed by atoms with Crippen molar-refractivity contribution in [3.05, 3.63) is 76.2 Å². The average molecular weight is 705 g/mol. The zero-order valence-electron chi connectivity index (χ0n) is 28.8. The highest BCUT2D eigenvalue weighted by molar-refractivity contribution is 6.34. The lowest BCUT2D eigenvalue weighted by molar-refractivity contribution is -0.137. The fraction of sp³-hybridized carbons (Fsp3) is 0.417. The SMILES string of the molecule is COCCn1ncc(-c2ccc(-c3cnc(C(=O)Nc4ccc(C(=O)N5CCN(C(=O)C6CCNCC6)CC5)c(Cl)c4)n3C)c(F)c2C)c1C. The number of amides is 3. The fourth-order valence-corrected chi connectivity index (χ4v) is 7.00. The molecule has 4 heterocycles. The van der Waals surface area contributed by atoms with E-state index in [0.717, 1.165) is 42.8 Å². The number of halogens is 2. The molecule has 6 rings (SSSR count). The zero-order chi connectivity index (χ0) is 35.5. The van der Waals surface area contributed by atoms with Crippen molar-refractivity contribution in [2.75, 3.05) is 58.3 Å². The maximum atomic E-state index is 15.9. The number of aromatic nitrogens is 4. The fourth-order valence-electron chi connectivity index (χ4n) is 6.74. The molecular formula is C36H42ClFN8O4. The minimum Gasteiger partial charge on any atom is -0.383 e. The summed E-state index contributed by atoms with van der Waals surface area (Å²) in [4.78, 5) is 47.4. The first-order valence-electron chi connectivity index (χ1n) is 16.8. The topological polar surface area (TPSA) is 127 Å². The quantitative estimate of drug-likeness (QED) is 0.262. The van der Waals surface area contributed by atoms with E-state index < -0.39 is 11.7 Å². The van der Waals surface area contributed by atoms with E-state index in [0.29, 0.717) is 67.4 Å². The van der Waals surface area contributed by atoms with E-state index in [1.54, 1.807) is 50.4 Å². The third kappa shape index (κ3) is 7.03. The lowest BCUT2D eigenvalue weighted by atomic mass is 9.96. The van der Waals surface area contributed by atoms with Crippen molar-refractivity contribution in [2.24, 2.45) is 13.0 Å². The van der Waals surface area contributed by atoms with Crippen LogP contribution in [0.2, 0.25) is 5.02 Å². The van der Waals surface area contributed by atoms with E-state index >= 15 is 4.39 Å². The molecule has 14 heteroatoms. The van der Waals surface area contributed by atoms with Gasteiger partial charge in [0.2, 0.25) is 5.91 Å². The number of hydrogen-bond acceptors (Lipinski definition) is 7. The normalized spacial score (nSPS) is 15.4. The van der Waals surface area contributed by atoms with Gasteiger partial charge in [0.1, 0.15) is 5.82 Å². The highest BCUT2D eigenvalue weighted by Gasteiger charge is 2.30. The van der Waals surface area contributed by atoms with Gasteiger partial charge in [0, 0.05) is 68.8 Å². The summed E-state index contributed by atoms with van der Waals surface area (Å²) in [5, 5.41) is 10.7. The maximum Gasteiger partial charge on any atom is 0.291 e. The molecule has 0 spiro atoms. The molecule has 0 atom stereocenters. The van der Waals surface area contributed by atoms with Crippen LogP contribution in [0.1, 0.15) is 45.1 Å². The summed E-state index contributed by atoms with van der Waals surface area (Å²) in [5.74, 6) is -0.870. The number of nitrogens with zero attached hydrogens (tertiary/aromatic N) is 6. The van der Waals surface area contributed by atoms with E-state index in [9.17, 15) is 14.4 Å². The Hall–Kier alpha value is -4.59. The first-order valence-corrected chi connectivity index (χ1v) is 17.2. The van der Waals surface area contributed by atoms with Crippen LogP contribution in [0.4, 0.5) is 10.1 Å². The van der Waals surface area contributed by atoms with E-state index in [1.165, 1.54) is 16.8 Å². The number of rotatable bonds is 9. The van der Waals surface area contributed by atoms with E-state index in [1.807, 2.05) is 22.6 Å². The van der Waals surface area contributed by atoms with Crippen LogP contribution in [0.5, 0.6) is 0 Å². The Morgan fingerprint density at radius 2 is 1.70 bits per heavy atom. The third-order valence-electron chi connectivity index (χ3n) is 9.78. The summed E-state index contributed by atoms with van der Waals surface area (Å²) < 4.78 is 24.4. The molecule has 0 unspecified atom stereocenters. The highest BCUT2D eigenvalue weighted by Crippen LogP contribution is 2.34. The first kappa shape index (κ1) is 35.2. The molecule has 3 amide bonds. The van der Waals surface area contributed by atoms with Crippen LogP contribution in [-0.4, -0.2) is 99.8 Å². The van der Waals surface area contributed by atoms with Crippen LogP contribution >= 0.6 is 11.6 Å². The molecule has 2 N–H and O–H groups in total. The molecule has 12 nitrogen and oxygen atoms in total. The Morgan fingerprint density at radius 3 is 2.40 bits per heavy atom. The number of benzene rings is 2. The molecule has 2 saturated heterocycles. The van der Waals surface area contributed by atoms with Crippen molar-refractivity contribution < 1.29 is 23.5 Å². The van der Waals surface area contributed by atoms with Gasteiger partial charge in [0.25, 0.3) is 11.8 Å². The Balaban J connectivity index is 1.10. The van der Waals surface area contributed by atoms with Crippen LogP contribution in [-0.2, 0) is 23.1 Å². The number of piperidine rings is 1. The average Bonchev–Trinajstić information content (AvgIpc) is 3.69. The van der Waals surface area contributed by atoms with Crippen molar-refractivity contribution in [1.29, 1.82) is 0 Å². The lowest BCUT2D eigenvalue weighted by Crippen LogP contribution is -2.52. The van der Waals surface area contributed by atoms with E-state index in [4.69, 9.17) is 16.3 Å². The summed E-state index contributed by atoms with van der Waals surface area (Å²) in [6, 6.07) is 8.25. The minimum absolute atomic E-state index is 0.0448. The van der Waals surface area contributed by atoms with Crippen LogP contribution in [0.25, 0.3) is 22.4 Å². The van der Waals surface area contributed by atoms with Gasteiger partial charge in [-0.2, -0.15) is 5.10 Å². The predicted molar refractivity (Wildman–Crippen MR) is 189 cm³/mol. The van der Waals surface area contributed by atoms with Crippen molar-refractivity contribution in [3.63, 3.8) is 0 Å². The Bertz CT molecular complexity index is 1910.